The number of benzene rings is 1. The zero-order valence-corrected chi connectivity index (χ0v) is 8.36. The molecule has 1 aromatic carbocycles. The summed E-state index contributed by atoms with van der Waals surface area (Å²) in [6.07, 6.45) is 0. The molecule has 0 aromatic heterocycles. The molecule has 0 heterocycles. The number of nitriles is 1. The fourth-order valence-corrected chi connectivity index (χ4v) is 1.21. The Morgan fingerprint density at radius 1 is 1.14 bits per heavy atom. The first-order chi connectivity index (χ1) is 6.36. The Morgan fingerprint density at radius 2 is 1.71 bits per heavy atom. The fraction of sp³-hybridized carbons (Fsp3) is 0.364. The number of hydrogen-bond donors (Lipinski definition) is 0. The lowest BCUT2D eigenvalue weighted by Crippen LogP contribution is -2.14. The van der Waals surface area contributed by atoms with E-state index in [1.54, 1.807) is 6.07 Å². The molecule has 0 aliphatic rings. The van der Waals surface area contributed by atoms with Crippen molar-refractivity contribution in [2.45, 2.75) is 26.2 Å². The number of nitrogens with zero attached hydrogens (tertiary/aromatic N) is 1. The first-order valence-corrected chi connectivity index (χ1v) is 4.26. The van der Waals surface area contributed by atoms with Crippen molar-refractivity contribution < 1.29 is 8.78 Å². The Kier molecular flexibility index (Phi) is 2.57. The third-order valence-corrected chi connectivity index (χ3v) is 1.99. The molecule has 1 aromatic rings. The Bertz CT molecular complexity index is 397. The Hall–Kier alpha value is -1.43. The van der Waals surface area contributed by atoms with Crippen molar-refractivity contribution in [1.82, 2.24) is 0 Å². The first kappa shape index (κ1) is 10.6. The SMILES string of the molecule is CC(C)(C)c1cc(C#N)c(F)cc1F. The standard InChI is InChI=1S/C11H11F2N/c1-11(2,3)8-4-7(6-14)9(12)5-10(8)13/h4-5H,1-3H3. The average molecular weight is 195 g/mol. The van der Waals surface area contributed by atoms with Gasteiger partial charge in [-0.1, -0.05) is 20.8 Å². The molecule has 0 saturated heterocycles. The fourth-order valence-electron chi connectivity index (χ4n) is 1.21. The third-order valence-electron chi connectivity index (χ3n) is 1.99. The van der Waals surface area contributed by atoms with Gasteiger partial charge in [0.15, 0.2) is 0 Å². The van der Waals surface area contributed by atoms with Gasteiger partial charge in [0, 0.05) is 6.07 Å². The predicted molar refractivity (Wildman–Crippen MR) is 49.8 cm³/mol. The van der Waals surface area contributed by atoms with E-state index in [0.717, 1.165) is 6.07 Å². The topological polar surface area (TPSA) is 23.8 Å². The minimum Gasteiger partial charge on any atom is -0.207 e. The molecule has 0 aliphatic heterocycles. The van der Waals surface area contributed by atoms with Gasteiger partial charge in [0.05, 0.1) is 5.56 Å². The molecule has 0 N–H and O–H groups in total. The molecule has 0 fully saturated rings. The number of halogens is 2. The molecule has 74 valence electrons. The van der Waals surface area contributed by atoms with E-state index in [0.29, 0.717) is 5.56 Å². The van der Waals surface area contributed by atoms with Crippen LogP contribution in [0.4, 0.5) is 8.78 Å². The van der Waals surface area contributed by atoms with Gasteiger partial charge in [0.2, 0.25) is 0 Å². The monoisotopic (exact) mass is 195 g/mol. The second-order valence-electron chi connectivity index (χ2n) is 4.17. The van der Waals surface area contributed by atoms with E-state index in [-0.39, 0.29) is 5.56 Å². The maximum atomic E-state index is 13.3. The molecular formula is C11H11F2N. The summed E-state index contributed by atoms with van der Waals surface area (Å²) in [5, 5.41) is 8.59. The van der Waals surface area contributed by atoms with Crippen molar-refractivity contribution in [2.75, 3.05) is 0 Å². The van der Waals surface area contributed by atoms with Crippen LogP contribution in [0.2, 0.25) is 0 Å². The molecule has 1 nitrogen and oxygen atoms in total. The van der Waals surface area contributed by atoms with Gasteiger partial charge < -0.3 is 0 Å². The van der Waals surface area contributed by atoms with Crippen molar-refractivity contribution in [2.24, 2.45) is 0 Å². The molecule has 14 heavy (non-hydrogen) atoms. The van der Waals surface area contributed by atoms with Crippen LogP contribution in [0.25, 0.3) is 0 Å². The van der Waals surface area contributed by atoms with Crippen LogP contribution in [-0.4, -0.2) is 0 Å². The van der Waals surface area contributed by atoms with E-state index >= 15 is 0 Å². The van der Waals surface area contributed by atoms with Gasteiger partial charge in [0.1, 0.15) is 17.7 Å². The Morgan fingerprint density at radius 3 is 2.14 bits per heavy atom. The van der Waals surface area contributed by atoms with Gasteiger partial charge in [-0.25, -0.2) is 8.78 Å². The smallest absolute Gasteiger partial charge is 0.143 e. The average Bonchev–Trinajstić information content (AvgIpc) is 2.02. The summed E-state index contributed by atoms with van der Waals surface area (Å²) < 4.78 is 26.3. The lowest BCUT2D eigenvalue weighted by molar-refractivity contribution is 0.510. The molecule has 0 unspecified atom stereocenters. The highest BCUT2D eigenvalue weighted by molar-refractivity contribution is 5.38. The van der Waals surface area contributed by atoms with Crippen LogP contribution in [0.5, 0.6) is 0 Å². The van der Waals surface area contributed by atoms with E-state index in [1.807, 2.05) is 20.8 Å². The highest BCUT2D eigenvalue weighted by Crippen LogP contribution is 2.26. The quantitative estimate of drug-likeness (QED) is 0.623. The van der Waals surface area contributed by atoms with Crippen LogP contribution in [0.3, 0.4) is 0 Å². The molecule has 3 heteroatoms. The highest BCUT2D eigenvalue weighted by Gasteiger charge is 2.20. The van der Waals surface area contributed by atoms with Crippen molar-refractivity contribution >= 4 is 0 Å². The molecule has 0 atom stereocenters. The molecule has 0 amide bonds. The summed E-state index contributed by atoms with van der Waals surface area (Å²) in [5.41, 5.74) is -0.185. The maximum Gasteiger partial charge on any atom is 0.143 e. The zero-order valence-electron chi connectivity index (χ0n) is 8.36. The molecule has 0 bridgehead atoms. The van der Waals surface area contributed by atoms with Crippen LogP contribution < -0.4 is 0 Å². The number of rotatable bonds is 0. The summed E-state index contributed by atoms with van der Waals surface area (Å²) in [6, 6.07) is 3.72. The zero-order chi connectivity index (χ0) is 10.9. The molecular weight excluding hydrogens is 184 g/mol. The third kappa shape index (κ3) is 1.90. The van der Waals surface area contributed by atoms with Gasteiger partial charge >= 0.3 is 0 Å². The van der Waals surface area contributed by atoms with Gasteiger partial charge in [-0.3, -0.25) is 0 Å². The highest BCUT2D eigenvalue weighted by atomic mass is 19.1. The van der Waals surface area contributed by atoms with Crippen molar-refractivity contribution in [3.63, 3.8) is 0 Å². The minimum absolute atomic E-state index is 0.115. The summed E-state index contributed by atoms with van der Waals surface area (Å²) in [6.45, 7) is 5.43. The lowest BCUT2D eigenvalue weighted by atomic mass is 9.86. The normalized spacial score (nSPS) is 11.1. The van der Waals surface area contributed by atoms with Gasteiger partial charge in [-0.05, 0) is 17.0 Å². The second kappa shape index (κ2) is 3.38. The molecule has 0 aliphatic carbocycles. The lowest BCUT2D eigenvalue weighted by Gasteiger charge is -2.19. The molecule has 1 rings (SSSR count). The largest absolute Gasteiger partial charge is 0.207 e. The summed E-state index contributed by atoms with van der Waals surface area (Å²) in [4.78, 5) is 0. The minimum atomic E-state index is -0.807. The van der Waals surface area contributed by atoms with E-state index in [9.17, 15) is 8.78 Å². The van der Waals surface area contributed by atoms with Crippen molar-refractivity contribution in [3.05, 3.63) is 34.9 Å². The Balaban J connectivity index is 3.41. The van der Waals surface area contributed by atoms with Crippen LogP contribution in [0.15, 0.2) is 12.1 Å². The first-order valence-electron chi connectivity index (χ1n) is 4.26. The summed E-state index contributed by atoms with van der Waals surface area (Å²) >= 11 is 0. The van der Waals surface area contributed by atoms with Crippen molar-refractivity contribution in [1.29, 1.82) is 5.26 Å². The molecule has 0 radical (unpaired) electrons. The number of hydrogen-bond acceptors (Lipinski definition) is 1. The Labute approximate surface area is 82.0 Å². The van der Waals surface area contributed by atoms with E-state index in [2.05, 4.69) is 0 Å². The second-order valence-corrected chi connectivity index (χ2v) is 4.17. The summed E-state index contributed by atoms with van der Waals surface area (Å²) in [7, 11) is 0. The van der Waals surface area contributed by atoms with Gasteiger partial charge in [-0.15, -0.1) is 0 Å². The van der Waals surface area contributed by atoms with Crippen molar-refractivity contribution in [3.8, 4) is 6.07 Å². The van der Waals surface area contributed by atoms with Crippen LogP contribution in [0.1, 0.15) is 31.9 Å². The molecule has 0 saturated carbocycles. The van der Waals surface area contributed by atoms with Gasteiger partial charge in [0.25, 0.3) is 0 Å². The van der Waals surface area contributed by atoms with Gasteiger partial charge in [-0.2, -0.15) is 5.26 Å². The van der Waals surface area contributed by atoms with Crippen LogP contribution in [0, 0.1) is 23.0 Å². The van der Waals surface area contributed by atoms with E-state index in [1.165, 1.54) is 6.07 Å². The maximum absolute atomic E-state index is 13.3. The van der Waals surface area contributed by atoms with E-state index < -0.39 is 17.0 Å². The van der Waals surface area contributed by atoms with E-state index in [4.69, 9.17) is 5.26 Å². The van der Waals surface area contributed by atoms with Crippen LogP contribution >= 0.6 is 0 Å². The molecule has 0 spiro atoms. The predicted octanol–water partition coefficient (Wildman–Crippen LogP) is 3.13. The summed E-state index contributed by atoms with van der Waals surface area (Å²) in [5.74, 6) is -1.41. The van der Waals surface area contributed by atoms with Crippen LogP contribution in [-0.2, 0) is 5.41 Å².